The summed E-state index contributed by atoms with van der Waals surface area (Å²) in [5.74, 6) is 1.14. The minimum Gasteiger partial charge on any atom is -0.368 e. The van der Waals surface area contributed by atoms with Crippen LogP contribution in [0.1, 0.15) is 18.7 Å². The van der Waals surface area contributed by atoms with Crippen molar-refractivity contribution in [3.63, 3.8) is 0 Å². The Morgan fingerprint density at radius 1 is 1.25 bits per heavy atom. The smallest absolute Gasteiger partial charge is 0.224 e. The summed E-state index contributed by atoms with van der Waals surface area (Å²) in [6.45, 7) is 3.43. The largest absolute Gasteiger partial charge is 0.368 e. The third kappa shape index (κ3) is 3.05. The molecule has 0 spiro atoms. The fourth-order valence-corrected chi connectivity index (χ4v) is 2.26. The van der Waals surface area contributed by atoms with Crippen molar-refractivity contribution in [2.24, 2.45) is 0 Å². The van der Waals surface area contributed by atoms with Crippen molar-refractivity contribution in [2.75, 3.05) is 31.6 Å². The molecule has 0 unspecified atom stereocenters. The van der Waals surface area contributed by atoms with Gasteiger partial charge in [0.15, 0.2) is 5.16 Å². The van der Waals surface area contributed by atoms with Gasteiger partial charge >= 0.3 is 0 Å². The number of rotatable bonds is 4. The van der Waals surface area contributed by atoms with Crippen LogP contribution in [-0.4, -0.2) is 45.7 Å². The fourth-order valence-electron chi connectivity index (χ4n) is 1.88. The molecule has 6 heteroatoms. The summed E-state index contributed by atoms with van der Waals surface area (Å²) >= 11 is 1.50. The Morgan fingerprint density at radius 2 is 2.00 bits per heavy atom. The van der Waals surface area contributed by atoms with Gasteiger partial charge in [-0.1, -0.05) is 11.8 Å². The van der Waals surface area contributed by atoms with Crippen LogP contribution in [-0.2, 0) is 6.42 Å². The van der Waals surface area contributed by atoms with E-state index in [1.807, 2.05) is 6.26 Å². The van der Waals surface area contributed by atoms with Gasteiger partial charge in [0.05, 0.1) is 0 Å². The van der Waals surface area contributed by atoms with Gasteiger partial charge in [0.25, 0.3) is 0 Å². The molecular weight excluding hydrogens is 222 g/mol. The summed E-state index contributed by atoms with van der Waals surface area (Å²) in [6.07, 6.45) is 5.43. The van der Waals surface area contributed by atoms with Crippen LogP contribution < -0.4 is 5.73 Å². The predicted molar refractivity (Wildman–Crippen MR) is 65.4 cm³/mol. The summed E-state index contributed by atoms with van der Waals surface area (Å²) < 4.78 is 0. The standard InChI is InChI=1S/C10H17N5S/c1-16-10-13-8(12-9(11)14-10)4-7-15-5-2-3-6-15/h2-7H2,1H3,(H2,11,12,13,14). The number of thioether (sulfide) groups is 1. The summed E-state index contributed by atoms with van der Waals surface area (Å²) in [6, 6.07) is 0. The third-order valence-corrected chi connectivity index (χ3v) is 3.26. The SMILES string of the molecule is CSc1nc(N)nc(CCN2CCCC2)n1. The average molecular weight is 239 g/mol. The Bertz CT molecular complexity index is 351. The number of nitrogen functional groups attached to an aromatic ring is 1. The first kappa shape index (κ1) is 11.6. The summed E-state index contributed by atoms with van der Waals surface area (Å²) in [7, 11) is 0. The Hall–Kier alpha value is -0.880. The molecule has 1 aromatic heterocycles. The molecule has 0 saturated carbocycles. The van der Waals surface area contributed by atoms with E-state index in [4.69, 9.17) is 5.73 Å². The van der Waals surface area contributed by atoms with Crippen molar-refractivity contribution >= 4 is 17.7 Å². The van der Waals surface area contributed by atoms with Crippen LogP contribution in [0.3, 0.4) is 0 Å². The quantitative estimate of drug-likeness (QED) is 0.784. The van der Waals surface area contributed by atoms with Crippen LogP contribution >= 0.6 is 11.8 Å². The van der Waals surface area contributed by atoms with E-state index >= 15 is 0 Å². The molecule has 2 rings (SSSR count). The molecule has 16 heavy (non-hydrogen) atoms. The lowest BCUT2D eigenvalue weighted by Crippen LogP contribution is -2.23. The minimum atomic E-state index is 0.329. The lowest BCUT2D eigenvalue weighted by atomic mass is 10.4. The maximum absolute atomic E-state index is 5.63. The molecule has 1 aliphatic rings. The van der Waals surface area contributed by atoms with Gasteiger partial charge < -0.3 is 10.6 Å². The number of hydrogen-bond acceptors (Lipinski definition) is 6. The maximum Gasteiger partial charge on any atom is 0.224 e. The van der Waals surface area contributed by atoms with Crippen molar-refractivity contribution in [3.8, 4) is 0 Å². The Balaban J connectivity index is 1.94. The highest BCUT2D eigenvalue weighted by molar-refractivity contribution is 7.98. The second kappa shape index (κ2) is 5.45. The number of anilines is 1. The van der Waals surface area contributed by atoms with Gasteiger partial charge in [-0.3, -0.25) is 0 Å². The van der Waals surface area contributed by atoms with E-state index in [1.54, 1.807) is 0 Å². The zero-order chi connectivity index (χ0) is 11.4. The number of likely N-dealkylation sites (tertiary alicyclic amines) is 1. The van der Waals surface area contributed by atoms with Crippen LogP contribution in [0.2, 0.25) is 0 Å². The van der Waals surface area contributed by atoms with Crippen LogP contribution in [0.15, 0.2) is 5.16 Å². The predicted octanol–water partition coefficient (Wildman–Crippen LogP) is 0.814. The average Bonchev–Trinajstić information content (AvgIpc) is 2.78. The molecule has 1 aliphatic heterocycles. The van der Waals surface area contributed by atoms with Crippen molar-refractivity contribution in [1.82, 2.24) is 19.9 Å². The van der Waals surface area contributed by atoms with E-state index < -0.39 is 0 Å². The topological polar surface area (TPSA) is 67.9 Å². The molecule has 0 atom stereocenters. The molecule has 0 radical (unpaired) electrons. The second-order valence-electron chi connectivity index (χ2n) is 3.90. The number of nitrogens with zero attached hydrogens (tertiary/aromatic N) is 4. The zero-order valence-corrected chi connectivity index (χ0v) is 10.3. The molecule has 0 aromatic carbocycles. The Labute approximate surface area is 99.9 Å². The highest BCUT2D eigenvalue weighted by atomic mass is 32.2. The highest BCUT2D eigenvalue weighted by Crippen LogP contribution is 2.11. The lowest BCUT2D eigenvalue weighted by Gasteiger charge is -2.13. The van der Waals surface area contributed by atoms with Gasteiger partial charge in [0.2, 0.25) is 5.95 Å². The first-order chi connectivity index (χ1) is 7.78. The van der Waals surface area contributed by atoms with E-state index in [1.165, 1.54) is 37.7 Å². The molecule has 0 amide bonds. The first-order valence-corrected chi connectivity index (χ1v) is 6.77. The van der Waals surface area contributed by atoms with Gasteiger partial charge in [-0.25, -0.2) is 4.98 Å². The van der Waals surface area contributed by atoms with Gasteiger partial charge in [-0.2, -0.15) is 9.97 Å². The molecule has 5 nitrogen and oxygen atoms in total. The van der Waals surface area contributed by atoms with Gasteiger partial charge in [0, 0.05) is 13.0 Å². The molecule has 1 aromatic rings. The van der Waals surface area contributed by atoms with Gasteiger partial charge in [0.1, 0.15) is 5.82 Å². The first-order valence-electron chi connectivity index (χ1n) is 5.54. The molecular formula is C10H17N5S. The van der Waals surface area contributed by atoms with Crippen LogP contribution in [0.4, 0.5) is 5.95 Å². The highest BCUT2D eigenvalue weighted by Gasteiger charge is 2.12. The van der Waals surface area contributed by atoms with E-state index in [0.717, 1.165) is 18.8 Å². The minimum absolute atomic E-state index is 0.329. The molecule has 1 fully saturated rings. The van der Waals surface area contributed by atoms with Gasteiger partial charge in [-0.15, -0.1) is 0 Å². The van der Waals surface area contributed by atoms with Crippen molar-refractivity contribution < 1.29 is 0 Å². The van der Waals surface area contributed by atoms with Crippen LogP contribution in [0.5, 0.6) is 0 Å². The third-order valence-electron chi connectivity index (χ3n) is 2.71. The molecule has 1 saturated heterocycles. The Kier molecular flexibility index (Phi) is 3.95. The van der Waals surface area contributed by atoms with E-state index in [-0.39, 0.29) is 0 Å². The summed E-state index contributed by atoms with van der Waals surface area (Å²) in [5, 5.41) is 0.712. The summed E-state index contributed by atoms with van der Waals surface area (Å²) in [5.41, 5.74) is 5.63. The molecule has 2 heterocycles. The monoisotopic (exact) mass is 239 g/mol. The van der Waals surface area contributed by atoms with E-state index in [0.29, 0.717) is 11.1 Å². The van der Waals surface area contributed by atoms with Crippen LogP contribution in [0.25, 0.3) is 0 Å². The molecule has 0 aliphatic carbocycles. The molecule has 0 bridgehead atoms. The molecule has 2 N–H and O–H groups in total. The van der Waals surface area contributed by atoms with Crippen molar-refractivity contribution in [3.05, 3.63) is 5.82 Å². The zero-order valence-electron chi connectivity index (χ0n) is 9.52. The molecule has 88 valence electrons. The van der Waals surface area contributed by atoms with E-state index in [9.17, 15) is 0 Å². The maximum atomic E-state index is 5.63. The number of nitrogens with two attached hydrogens (primary N) is 1. The normalized spacial score (nSPS) is 16.8. The summed E-state index contributed by atoms with van der Waals surface area (Å²) in [4.78, 5) is 15.0. The van der Waals surface area contributed by atoms with Gasteiger partial charge in [-0.05, 0) is 32.2 Å². The van der Waals surface area contributed by atoms with Crippen LogP contribution in [0, 0.1) is 0 Å². The number of hydrogen-bond donors (Lipinski definition) is 1. The second-order valence-corrected chi connectivity index (χ2v) is 4.67. The number of aromatic nitrogens is 3. The van der Waals surface area contributed by atoms with E-state index in [2.05, 4.69) is 19.9 Å². The fraction of sp³-hybridized carbons (Fsp3) is 0.700. The Morgan fingerprint density at radius 3 is 2.69 bits per heavy atom. The van der Waals surface area contributed by atoms with Crippen molar-refractivity contribution in [1.29, 1.82) is 0 Å². The lowest BCUT2D eigenvalue weighted by molar-refractivity contribution is 0.340. The van der Waals surface area contributed by atoms with Crippen molar-refractivity contribution in [2.45, 2.75) is 24.4 Å².